The van der Waals surface area contributed by atoms with Gasteiger partial charge in [-0.3, -0.25) is 0 Å². The maximum absolute atomic E-state index is 12.0. The molecule has 1 aromatic carbocycles. The summed E-state index contributed by atoms with van der Waals surface area (Å²) in [6.45, 7) is 3.73. The normalized spacial score (nSPS) is 12.0. The molecule has 3 N–H and O–H groups in total. The maximum atomic E-state index is 12.0. The van der Waals surface area contributed by atoms with Crippen molar-refractivity contribution in [1.29, 1.82) is 0 Å². The molecule has 0 spiro atoms. The molecule has 1 aromatic heterocycles. The van der Waals surface area contributed by atoms with Crippen LogP contribution in [0.2, 0.25) is 0 Å². The first kappa shape index (κ1) is 15.1. The number of carbonyl (C=O) groups is 1. The summed E-state index contributed by atoms with van der Waals surface area (Å²) in [7, 11) is 0. The van der Waals surface area contributed by atoms with Gasteiger partial charge in [0.15, 0.2) is 0 Å². The van der Waals surface area contributed by atoms with Crippen LogP contribution in [0.15, 0.2) is 36.5 Å². The van der Waals surface area contributed by atoms with Crippen molar-refractivity contribution in [2.24, 2.45) is 0 Å². The number of hydrogen-bond acceptors (Lipinski definition) is 3. The Bertz CT molecular complexity index is 605. The van der Waals surface area contributed by atoms with Gasteiger partial charge in [-0.15, -0.1) is 0 Å². The third kappa shape index (κ3) is 3.82. The van der Waals surface area contributed by atoms with Gasteiger partial charge >= 0.3 is 6.03 Å². The zero-order valence-corrected chi connectivity index (χ0v) is 12.2. The van der Waals surface area contributed by atoms with Crippen molar-refractivity contribution in [3.8, 4) is 5.69 Å². The van der Waals surface area contributed by atoms with E-state index in [1.165, 1.54) is 0 Å². The molecule has 6 nitrogen and oxygen atoms in total. The second-order valence-electron chi connectivity index (χ2n) is 4.81. The van der Waals surface area contributed by atoms with Crippen LogP contribution in [0.4, 0.5) is 10.5 Å². The largest absolute Gasteiger partial charge is 0.394 e. The van der Waals surface area contributed by atoms with Crippen LogP contribution in [-0.4, -0.2) is 33.6 Å². The van der Waals surface area contributed by atoms with Crippen LogP contribution in [-0.2, 0) is 0 Å². The first-order valence-corrected chi connectivity index (χ1v) is 6.94. The minimum atomic E-state index is -0.341. The summed E-state index contributed by atoms with van der Waals surface area (Å²) in [5, 5.41) is 19.0. The Morgan fingerprint density at radius 1 is 1.38 bits per heavy atom. The third-order valence-corrected chi connectivity index (χ3v) is 3.17. The lowest BCUT2D eigenvalue weighted by Crippen LogP contribution is -2.39. The molecule has 0 fully saturated rings. The minimum Gasteiger partial charge on any atom is -0.394 e. The van der Waals surface area contributed by atoms with Gasteiger partial charge in [0.05, 0.1) is 29.7 Å². The van der Waals surface area contributed by atoms with Crippen LogP contribution in [0.25, 0.3) is 5.69 Å². The Morgan fingerprint density at radius 3 is 2.76 bits per heavy atom. The number of aliphatic hydroxyl groups is 1. The summed E-state index contributed by atoms with van der Waals surface area (Å²) in [5.41, 5.74) is 2.35. The van der Waals surface area contributed by atoms with Crippen LogP contribution < -0.4 is 10.6 Å². The number of anilines is 1. The molecular weight excluding hydrogens is 268 g/mol. The highest BCUT2D eigenvalue weighted by Gasteiger charge is 2.11. The van der Waals surface area contributed by atoms with E-state index in [0.717, 1.165) is 11.4 Å². The Hall–Kier alpha value is -2.34. The zero-order valence-electron chi connectivity index (χ0n) is 12.2. The van der Waals surface area contributed by atoms with E-state index in [0.29, 0.717) is 12.1 Å². The summed E-state index contributed by atoms with van der Waals surface area (Å²) in [6, 6.07) is 8.74. The number of hydrogen-bond donors (Lipinski definition) is 3. The molecule has 6 heteroatoms. The average molecular weight is 288 g/mol. The van der Waals surface area contributed by atoms with E-state index in [1.54, 1.807) is 4.68 Å². The first-order chi connectivity index (χ1) is 10.1. The number of carbonyl (C=O) groups excluding carboxylic acids is 1. The van der Waals surface area contributed by atoms with Crippen LogP contribution in [0, 0.1) is 6.92 Å². The Morgan fingerprint density at radius 2 is 2.14 bits per heavy atom. The summed E-state index contributed by atoms with van der Waals surface area (Å²) >= 11 is 0. The summed E-state index contributed by atoms with van der Waals surface area (Å²) in [5.74, 6) is 0. The van der Waals surface area contributed by atoms with E-state index in [-0.39, 0.29) is 18.7 Å². The predicted octanol–water partition coefficient (Wildman–Crippen LogP) is 2.07. The van der Waals surface area contributed by atoms with Gasteiger partial charge in [-0.05, 0) is 31.5 Å². The number of nitrogens with one attached hydrogen (secondary N) is 2. The lowest BCUT2D eigenvalue weighted by atomic mass is 10.2. The smallest absolute Gasteiger partial charge is 0.319 e. The first-order valence-electron chi connectivity index (χ1n) is 6.94. The second kappa shape index (κ2) is 6.90. The predicted molar refractivity (Wildman–Crippen MR) is 81.6 cm³/mol. The molecule has 0 unspecified atom stereocenters. The number of benzene rings is 1. The van der Waals surface area contributed by atoms with E-state index >= 15 is 0 Å². The van der Waals surface area contributed by atoms with Crippen molar-refractivity contribution in [2.45, 2.75) is 26.3 Å². The number of para-hydroxylation sites is 2. The van der Waals surface area contributed by atoms with Crippen LogP contribution in [0.5, 0.6) is 0 Å². The number of nitrogens with zero attached hydrogens (tertiary/aromatic N) is 2. The summed E-state index contributed by atoms with van der Waals surface area (Å²) in [4.78, 5) is 12.0. The molecule has 0 bridgehead atoms. The molecule has 21 heavy (non-hydrogen) atoms. The molecule has 0 saturated heterocycles. The molecule has 0 saturated carbocycles. The van der Waals surface area contributed by atoms with Crippen LogP contribution in [0.3, 0.4) is 0 Å². The number of aliphatic hydroxyl groups excluding tert-OH is 1. The SMILES string of the molecule is CC[C@H](CO)NC(=O)Nc1ccccc1-n1ccc(C)n1. The lowest BCUT2D eigenvalue weighted by molar-refractivity contribution is 0.222. The second-order valence-corrected chi connectivity index (χ2v) is 4.81. The highest BCUT2D eigenvalue weighted by Crippen LogP contribution is 2.19. The van der Waals surface area contributed by atoms with Gasteiger partial charge in [0, 0.05) is 6.20 Å². The molecule has 0 aliphatic carbocycles. The minimum absolute atomic E-state index is 0.0794. The Kier molecular flexibility index (Phi) is 4.94. The third-order valence-electron chi connectivity index (χ3n) is 3.17. The fourth-order valence-electron chi connectivity index (χ4n) is 1.95. The molecule has 2 rings (SSSR count). The maximum Gasteiger partial charge on any atom is 0.319 e. The quantitative estimate of drug-likeness (QED) is 0.788. The Balaban J connectivity index is 2.15. The zero-order chi connectivity index (χ0) is 15.2. The standard InChI is InChI=1S/C15H20N4O2/c1-3-12(10-20)16-15(21)17-13-6-4-5-7-14(13)19-9-8-11(2)18-19/h4-9,12,20H,3,10H2,1-2H3,(H2,16,17,21)/t12-/m1/s1. The molecule has 1 atom stereocenters. The fourth-order valence-corrected chi connectivity index (χ4v) is 1.95. The highest BCUT2D eigenvalue weighted by atomic mass is 16.3. The summed E-state index contributed by atoms with van der Waals surface area (Å²) in [6.07, 6.45) is 2.51. The van der Waals surface area contributed by atoms with Gasteiger partial charge < -0.3 is 15.7 Å². The molecule has 1 heterocycles. The van der Waals surface area contributed by atoms with Crippen molar-refractivity contribution in [2.75, 3.05) is 11.9 Å². The van der Waals surface area contributed by atoms with Gasteiger partial charge in [0.25, 0.3) is 0 Å². The number of urea groups is 1. The van der Waals surface area contributed by atoms with Crippen molar-refractivity contribution in [3.05, 3.63) is 42.2 Å². The van der Waals surface area contributed by atoms with Crippen molar-refractivity contribution >= 4 is 11.7 Å². The molecule has 2 aromatic rings. The number of amides is 2. The van der Waals surface area contributed by atoms with E-state index < -0.39 is 0 Å². The van der Waals surface area contributed by atoms with E-state index in [2.05, 4.69) is 15.7 Å². The monoisotopic (exact) mass is 288 g/mol. The van der Waals surface area contributed by atoms with E-state index in [9.17, 15) is 4.79 Å². The fraction of sp³-hybridized carbons (Fsp3) is 0.333. The molecule has 2 amide bonds. The highest BCUT2D eigenvalue weighted by molar-refractivity contribution is 5.91. The molecular formula is C15H20N4O2. The Labute approximate surface area is 123 Å². The van der Waals surface area contributed by atoms with Crippen LogP contribution >= 0.6 is 0 Å². The molecule has 0 aliphatic heterocycles. The van der Waals surface area contributed by atoms with Gasteiger partial charge in [0.2, 0.25) is 0 Å². The van der Waals surface area contributed by atoms with E-state index in [4.69, 9.17) is 5.11 Å². The number of aromatic nitrogens is 2. The molecule has 112 valence electrons. The van der Waals surface area contributed by atoms with E-state index in [1.807, 2.05) is 50.4 Å². The van der Waals surface area contributed by atoms with Gasteiger partial charge in [-0.25, -0.2) is 9.48 Å². The average Bonchev–Trinajstić information content (AvgIpc) is 2.91. The summed E-state index contributed by atoms with van der Waals surface area (Å²) < 4.78 is 1.72. The topological polar surface area (TPSA) is 79.2 Å². The van der Waals surface area contributed by atoms with Crippen molar-refractivity contribution in [3.63, 3.8) is 0 Å². The lowest BCUT2D eigenvalue weighted by Gasteiger charge is -2.16. The van der Waals surface area contributed by atoms with Gasteiger partial charge in [-0.1, -0.05) is 19.1 Å². The van der Waals surface area contributed by atoms with Crippen LogP contribution in [0.1, 0.15) is 19.0 Å². The number of rotatable bonds is 5. The van der Waals surface area contributed by atoms with Crippen molar-refractivity contribution in [1.82, 2.24) is 15.1 Å². The molecule has 0 aliphatic rings. The van der Waals surface area contributed by atoms with Crippen molar-refractivity contribution < 1.29 is 9.90 Å². The van der Waals surface area contributed by atoms with Gasteiger partial charge in [0.1, 0.15) is 0 Å². The number of aryl methyl sites for hydroxylation is 1. The molecule has 0 radical (unpaired) electrons. The van der Waals surface area contributed by atoms with Gasteiger partial charge in [-0.2, -0.15) is 5.10 Å².